The zero-order valence-corrected chi connectivity index (χ0v) is 14.9. The molecule has 1 rings (SSSR count). The van der Waals surface area contributed by atoms with Crippen molar-refractivity contribution >= 4 is 11.9 Å². The molecule has 24 heavy (non-hydrogen) atoms. The van der Waals surface area contributed by atoms with E-state index in [1.54, 1.807) is 6.92 Å². The number of unbranched alkanes of at least 4 members (excludes halogenated alkanes) is 1. The summed E-state index contributed by atoms with van der Waals surface area (Å²) >= 11 is 0. The molecule has 6 nitrogen and oxygen atoms in total. The number of carbonyl (C=O) groups is 2. The Balaban J connectivity index is 2.29. The first-order valence-corrected chi connectivity index (χ1v) is 8.75. The van der Waals surface area contributed by atoms with Gasteiger partial charge in [0.2, 0.25) is 0 Å². The van der Waals surface area contributed by atoms with Crippen LogP contribution in [0.1, 0.15) is 59.3 Å². The molecule has 6 heteroatoms. The van der Waals surface area contributed by atoms with E-state index < -0.39 is 12.2 Å². The van der Waals surface area contributed by atoms with Crippen molar-refractivity contribution in [3.05, 3.63) is 12.2 Å². The van der Waals surface area contributed by atoms with Gasteiger partial charge in [-0.05, 0) is 46.0 Å². The van der Waals surface area contributed by atoms with Crippen LogP contribution in [0.3, 0.4) is 0 Å². The Morgan fingerprint density at radius 3 is 2.79 bits per heavy atom. The summed E-state index contributed by atoms with van der Waals surface area (Å²) in [4.78, 5) is 22.4. The highest BCUT2D eigenvalue weighted by molar-refractivity contribution is 5.70. The van der Waals surface area contributed by atoms with Crippen molar-refractivity contribution in [1.29, 1.82) is 0 Å². The molecule has 0 spiro atoms. The summed E-state index contributed by atoms with van der Waals surface area (Å²) in [6.07, 6.45) is 6.81. The van der Waals surface area contributed by atoms with Crippen LogP contribution in [0.25, 0.3) is 0 Å². The summed E-state index contributed by atoms with van der Waals surface area (Å²) in [6.45, 7) is 5.38. The third kappa shape index (κ3) is 8.45. The molecule has 1 aliphatic heterocycles. The highest BCUT2D eigenvalue weighted by atomic mass is 16.5. The first-order chi connectivity index (χ1) is 11.4. The number of ether oxygens (including phenoxy) is 3. The summed E-state index contributed by atoms with van der Waals surface area (Å²) in [6, 6.07) is 0. The van der Waals surface area contributed by atoms with Gasteiger partial charge in [-0.2, -0.15) is 0 Å². The van der Waals surface area contributed by atoms with Crippen LogP contribution in [-0.2, 0) is 23.8 Å². The van der Waals surface area contributed by atoms with Crippen molar-refractivity contribution in [3.63, 3.8) is 0 Å². The van der Waals surface area contributed by atoms with Crippen molar-refractivity contribution in [2.75, 3.05) is 6.61 Å². The lowest BCUT2D eigenvalue weighted by Gasteiger charge is -2.32. The van der Waals surface area contributed by atoms with E-state index in [9.17, 15) is 14.7 Å². The highest BCUT2D eigenvalue weighted by Gasteiger charge is 2.30. The van der Waals surface area contributed by atoms with Gasteiger partial charge in [0.1, 0.15) is 0 Å². The van der Waals surface area contributed by atoms with Crippen molar-refractivity contribution in [3.8, 4) is 0 Å². The maximum Gasteiger partial charge on any atom is 0.308 e. The maximum absolute atomic E-state index is 11.5. The van der Waals surface area contributed by atoms with Crippen LogP contribution in [-0.4, -0.2) is 48.1 Å². The van der Waals surface area contributed by atoms with Crippen LogP contribution in [0.5, 0.6) is 0 Å². The van der Waals surface area contributed by atoms with Gasteiger partial charge in [-0.25, -0.2) is 0 Å². The Bertz CT molecular complexity index is 420. The molecular formula is C18H30O6. The Labute approximate surface area is 144 Å². The van der Waals surface area contributed by atoms with E-state index in [-0.39, 0.29) is 30.6 Å². The molecule has 0 saturated carbocycles. The number of esters is 2. The van der Waals surface area contributed by atoms with Crippen molar-refractivity contribution < 1.29 is 28.9 Å². The van der Waals surface area contributed by atoms with Gasteiger partial charge in [0.15, 0.2) is 0 Å². The molecule has 0 radical (unpaired) electrons. The van der Waals surface area contributed by atoms with Crippen molar-refractivity contribution in [2.45, 2.75) is 83.7 Å². The number of rotatable bonds is 9. The summed E-state index contributed by atoms with van der Waals surface area (Å²) in [7, 11) is 0. The molecule has 1 saturated heterocycles. The molecule has 0 aromatic rings. The zero-order valence-electron chi connectivity index (χ0n) is 14.9. The number of allylic oxidation sites excluding steroid dienone is 1. The minimum absolute atomic E-state index is 0.0639. The second-order valence-electron chi connectivity index (χ2n) is 6.15. The lowest BCUT2D eigenvalue weighted by Crippen LogP contribution is -2.39. The second-order valence-corrected chi connectivity index (χ2v) is 6.15. The van der Waals surface area contributed by atoms with Gasteiger partial charge in [0.05, 0.1) is 37.4 Å². The average Bonchev–Trinajstić information content (AvgIpc) is 2.49. The second kappa shape index (κ2) is 11.2. The minimum atomic E-state index is -0.622. The fraction of sp³-hybridized carbons (Fsp3) is 0.778. The molecular weight excluding hydrogens is 312 g/mol. The van der Waals surface area contributed by atoms with Crippen LogP contribution in [0.4, 0.5) is 0 Å². The van der Waals surface area contributed by atoms with E-state index in [4.69, 9.17) is 14.2 Å². The molecule has 1 N–H and O–H groups in total. The number of hydrogen-bond acceptors (Lipinski definition) is 6. The predicted molar refractivity (Wildman–Crippen MR) is 89.4 cm³/mol. The number of aliphatic hydroxyl groups excluding tert-OH is 1. The highest BCUT2D eigenvalue weighted by Crippen LogP contribution is 2.23. The molecule has 0 amide bonds. The van der Waals surface area contributed by atoms with Gasteiger partial charge in [-0.15, -0.1) is 0 Å². The van der Waals surface area contributed by atoms with Gasteiger partial charge in [-0.1, -0.05) is 12.2 Å². The van der Waals surface area contributed by atoms with E-state index >= 15 is 0 Å². The van der Waals surface area contributed by atoms with E-state index in [1.807, 2.05) is 19.1 Å². The van der Waals surface area contributed by atoms with Gasteiger partial charge in [0, 0.05) is 6.92 Å². The average molecular weight is 342 g/mol. The molecule has 0 unspecified atom stereocenters. The fourth-order valence-electron chi connectivity index (χ4n) is 2.73. The molecule has 0 bridgehead atoms. The maximum atomic E-state index is 11.5. The Kier molecular flexibility index (Phi) is 9.64. The smallest absolute Gasteiger partial charge is 0.308 e. The first-order valence-electron chi connectivity index (χ1n) is 8.75. The van der Waals surface area contributed by atoms with E-state index in [0.717, 1.165) is 25.7 Å². The van der Waals surface area contributed by atoms with Gasteiger partial charge in [0.25, 0.3) is 0 Å². The SMILES string of the molecule is CCOC(=O)C[C@H]1O[C@H](/C=C/CCC[C@@H](C)OC(C)=O)CC[C@H]1O. The predicted octanol–water partition coefficient (Wildman–Crippen LogP) is 2.53. The molecule has 0 aromatic heterocycles. The normalized spacial score (nSPS) is 25.4. The van der Waals surface area contributed by atoms with E-state index in [0.29, 0.717) is 13.0 Å². The molecule has 1 heterocycles. The lowest BCUT2D eigenvalue weighted by atomic mass is 9.98. The van der Waals surface area contributed by atoms with Crippen LogP contribution in [0.2, 0.25) is 0 Å². The number of aliphatic hydroxyl groups is 1. The number of hydrogen-bond donors (Lipinski definition) is 1. The minimum Gasteiger partial charge on any atom is -0.466 e. The third-order valence-corrected chi connectivity index (χ3v) is 3.90. The monoisotopic (exact) mass is 342 g/mol. The van der Waals surface area contributed by atoms with E-state index in [1.165, 1.54) is 6.92 Å². The van der Waals surface area contributed by atoms with Crippen LogP contribution in [0.15, 0.2) is 12.2 Å². The summed E-state index contributed by atoms with van der Waals surface area (Å²) in [5.41, 5.74) is 0. The summed E-state index contributed by atoms with van der Waals surface area (Å²) in [5.74, 6) is -0.592. The molecule has 4 atom stereocenters. The van der Waals surface area contributed by atoms with Gasteiger partial charge in [-0.3, -0.25) is 9.59 Å². The van der Waals surface area contributed by atoms with Crippen molar-refractivity contribution in [1.82, 2.24) is 0 Å². The largest absolute Gasteiger partial charge is 0.466 e. The fourth-order valence-corrected chi connectivity index (χ4v) is 2.73. The summed E-state index contributed by atoms with van der Waals surface area (Å²) < 4.78 is 15.8. The summed E-state index contributed by atoms with van der Waals surface area (Å²) in [5, 5.41) is 9.95. The van der Waals surface area contributed by atoms with Crippen molar-refractivity contribution in [2.24, 2.45) is 0 Å². The molecule has 1 aliphatic rings. The van der Waals surface area contributed by atoms with Gasteiger partial charge >= 0.3 is 11.9 Å². The van der Waals surface area contributed by atoms with Gasteiger partial charge < -0.3 is 19.3 Å². The molecule has 1 fully saturated rings. The van der Waals surface area contributed by atoms with E-state index in [2.05, 4.69) is 0 Å². The zero-order chi connectivity index (χ0) is 17.9. The Morgan fingerprint density at radius 2 is 2.12 bits per heavy atom. The Morgan fingerprint density at radius 1 is 1.38 bits per heavy atom. The topological polar surface area (TPSA) is 82.1 Å². The first kappa shape index (κ1) is 20.6. The quantitative estimate of drug-likeness (QED) is 0.394. The lowest BCUT2D eigenvalue weighted by molar-refractivity contribution is -0.155. The molecule has 0 aliphatic carbocycles. The third-order valence-electron chi connectivity index (χ3n) is 3.90. The van der Waals surface area contributed by atoms with Crippen LogP contribution < -0.4 is 0 Å². The van der Waals surface area contributed by atoms with Crippen LogP contribution >= 0.6 is 0 Å². The van der Waals surface area contributed by atoms with Crippen LogP contribution in [0, 0.1) is 0 Å². The molecule has 138 valence electrons. The number of carbonyl (C=O) groups excluding carboxylic acids is 2. The molecule has 0 aromatic carbocycles. The Hall–Kier alpha value is -1.40. The standard InChI is InChI=1S/C18H30O6/c1-4-22-18(21)12-17-16(20)11-10-15(24-17)9-7-5-6-8-13(2)23-14(3)19/h7,9,13,15-17,20H,4-6,8,10-12H2,1-3H3/b9-7+/t13-,15-,16-,17-/m1/s1.